The molecule has 0 radical (unpaired) electrons. The summed E-state index contributed by atoms with van der Waals surface area (Å²) in [5.41, 5.74) is -0.319. The fraction of sp³-hybridized carbons (Fsp3) is 0.300. The number of aliphatic hydroxyl groups excluding tert-OH is 1. The smallest absolute Gasteiger partial charge is 0.150 e. The number of rotatable bonds is 4. The first kappa shape index (κ1) is 11.4. The Kier molecular flexibility index (Phi) is 4.01. The molecule has 0 aliphatic rings. The molecule has 0 aromatic heterocycles. The molecule has 0 spiro atoms. The molecular formula is C10H10F2N2O. The van der Waals surface area contributed by atoms with Crippen molar-refractivity contribution in [2.45, 2.75) is 6.42 Å². The van der Waals surface area contributed by atoms with Gasteiger partial charge in [-0.25, -0.2) is 8.78 Å². The Labute approximate surface area is 86.0 Å². The van der Waals surface area contributed by atoms with E-state index >= 15 is 0 Å². The SMILES string of the molecule is N#Cc1cc(F)c(NCCCO)c(F)c1. The highest BCUT2D eigenvalue weighted by atomic mass is 19.1. The maximum Gasteiger partial charge on any atom is 0.150 e. The molecular weight excluding hydrogens is 202 g/mol. The Balaban J connectivity index is 2.85. The van der Waals surface area contributed by atoms with Crippen molar-refractivity contribution in [2.24, 2.45) is 0 Å². The van der Waals surface area contributed by atoms with Crippen molar-refractivity contribution in [3.8, 4) is 6.07 Å². The van der Waals surface area contributed by atoms with Crippen molar-refractivity contribution in [1.82, 2.24) is 0 Å². The maximum absolute atomic E-state index is 13.2. The summed E-state index contributed by atoms with van der Waals surface area (Å²) in [6, 6.07) is 3.58. The van der Waals surface area contributed by atoms with E-state index in [4.69, 9.17) is 10.4 Å². The van der Waals surface area contributed by atoms with E-state index < -0.39 is 11.6 Å². The van der Waals surface area contributed by atoms with Crippen LogP contribution in [-0.4, -0.2) is 18.3 Å². The van der Waals surface area contributed by atoms with E-state index in [1.54, 1.807) is 6.07 Å². The zero-order valence-corrected chi connectivity index (χ0v) is 7.93. The molecule has 1 rings (SSSR count). The minimum absolute atomic E-state index is 0.0491. The minimum atomic E-state index is -0.801. The fourth-order valence-electron chi connectivity index (χ4n) is 1.10. The van der Waals surface area contributed by atoms with Crippen LogP contribution in [0.25, 0.3) is 0 Å². The molecule has 2 N–H and O–H groups in total. The number of benzene rings is 1. The second-order valence-corrected chi connectivity index (χ2v) is 2.93. The summed E-state index contributed by atoms with van der Waals surface area (Å²) in [5.74, 6) is -1.60. The molecule has 0 saturated heterocycles. The van der Waals surface area contributed by atoms with E-state index in [0.29, 0.717) is 6.42 Å². The molecule has 3 nitrogen and oxygen atoms in total. The van der Waals surface area contributed by atoms with Gasteiger partial charge in [0.25, 0.3) is 0 Å². The highest BCUT2D eigenvalue weighted by Gasteiger charge is 2.10. The highest BCUT2D eigenvalue weighted by Crippen LogP contribution is 2.20. The second kappa shape index (κ2) is 5.27. The van der Waals surface area contributed by atoms with Gasteiger partial charge in [0.2, 0.25) is 0 Å². The molecule has 0 fully saturated rings. The highest BCUT2D eigenvalue weighted by molar-refractivity contribution is 5.50. The lowest BCUT2D eigenvalue weighted by atomic mass is 10.2. The number of halogens is 2. The van der Waals surface area contributed by atoms with Crippen LogP contribution < -0.4 is 5.32 Å². The predicted molar refractivity (Wildman–Crippen MR) is 51.3 cm³/mol. The summed E-state index contributed by atoms with van der Waals surface area (Å²) in [7, 11) is 0. The van der Waals surface area contributed by atoms with Crippen molar-refractivity contribution >= 4 is 5.69 Å². The number of anilines is 1. The molecule has 1 aromatic rings. The molecule has 0 aliphatic carbocycles. The Morgan fingerprint density at radius 2 is 1.93 bits per heavy atom. The molecule has 0 amide bonds. The molecule has 15 heavy (non-hydrogen) atoms. The van der Waals surface area contributed by atoms with E-state index in [-0.39, 0.29) is 24.4 Å². The molecule has 1 aromatic carbocycles. The number of aliphatic hydroxyl groups is 1. The molecule has 0 atom stereocenters. The topological polar surface area (TPSA) is 56.0 Å². The van der Waals surface area contributed by atoms with Gasteiger partial charge < -0.3 is 10.4 Å². The van der Waals surface area contributed by atoms with Crippen LogP contribution in [0, 0.1) is 23.0 Å². The lowest BCUT2D eigenvalue weighted by molar-refractivity contribution is 0.292. The first-order valence-electron chi connectivity index (χ1n) is 4.43. The van der Waals surface area contributed by atoms with Crippen LogP contribution in [-0.2, 0) is 0 Å². The van der Waals surface area contributed by atoms with Gasteiger partial charge in [0.15, 0.2) is 11.6 Å². The van der Waals surface area contributed by atoms with Gasteiger partial charge in [-0.2, -0.15) is 5.26 Å². The summed E-state index contributed by atoms with van der Waals surface area (Å²) < 4.78 is 26.4. The zero-order chi connectivity index (χ0) is 11.3. The number of nitriles is 1. The van der Waals surface area contributed by atoms with Gasteiger partial charge in [-0.3, -0.25) is 0 Å². The Morgan fingerprint density at radius 3 is 2.40 bits per heavy atom. The molecule has 0 bridgehead atoms. The largest absolute Gasteiger partial charge is 0.396 e. The van der Waals surface area contributed by atoms with Crippen LogP contribution in [0.15, 0.2) is 12.1 Å². The van der Waals surface area contributed by atoms with Crippen molar-refractivity contribution in [2.75, 3.05) is 18.5 Å². The third-order valence-corrected chi connectivity index (χ3v) is 1.81. The van der Waals surface area contributed by atoms with Crippen LogP contribution in [0.2, 0.25) is 0 Å². The first-order valence-corrected chi connectivity index (χ1v) is 4.43. The number of hydrogen-bond donors (Lipinski definition) is 2. The number of nitrogens with one attached hydrogen (secondary N) is 1. The van der Waals surface area contributed by atoms with E-state index in [9.17, 15) is 8.78 Å². The first-order chi connectivity index (χ1) is 7.19. The van der Waals surface area contributed by atoms with E-state index in [1.165, 1.54) is 0 Å². The van der Waals surface area contributed by atoms with Gasteiger partial charge >= 0.3 is 0 Å². The standard InChI is InChI=1S/C10H10F2N2O/c11-8-4-7(6-13)5-9(12)10(8)14-2-1-3-15/h4-5,14-15H,1-3H2. The van der Waals surface area contributed by atoms with E-state index in [2.05, 4.69) is 5.32 Å². The monoisotopic (exact) mass is 212 g/mol. The summed E-state index contributed by atoms with van der Waals surface area (Å²) in [4.78, 5) is 0. The maximum atomic E-state index is 13.2. The van der Waals surface area contributed by atoms with Gasteiger partial charge in [0.05, 0.1) is 11.6 Å². The normalized spacial score (nSPS) is 9.73. The summed E-state index contributed by atoms with van der Waals surface area (Å²) in [6.07, 6.45) is 0.402. The van der Waals surface area contributed by atoms with E-state index in [0.717, 1.165) is 12.1 Å². The minimum Gasteiger partial charge on any atom is -0.396 e. The van der Waals surface area contributed by atoms with Crippen molar-refractivity contribution < 1.29 is 13.9 Å². The average molecular weight is 212 g/mol. The lowest BCUT2D eigenvalue weighted by Crippen LogP contribution is -2.07. The van der Waals surface area contributed by atoms with Crippen LogP contribution in [0.4, 0.5) is 14.5 Å². The van der Waals surface area contributed by atoms with Gasteiger partial charge in [0.1, 0.15) is 5.69 Å². The third kappa shape index (κ3) is 2.89. The summed E-state index contributed by atoms with van der Waals surface area (Å²) in [5, 5.41) is 19.5. The quantitative estimate of drug-likeness (QED) is 0.746. The predicted octanol–water partition coefficient (Wildman–Crippen LogP) is 1.63. The third-order valence-electron chi connectivity index (χ3n) is 1.81. The van der Waals surface area contributed by atoms with Crippen LogP contribution in [0.1, 0.15) is 12.0 Å². The van der Waals surface area contributed by atoms with Gasteiger partial charge in [-0.1, -0.05) is 0 Å². The van der Waals surface area contributed by atoms with E-state index in [1.807, 2.05) is 0 Å². The van der Waals surface area contributed by atoms with Crippen LogP contribution in [0.5, 0.6) is 0 Å². The van der Waals surface area contributed by atoms with Crippen LogP contribution >= 0.6 is 0 Å². The van der Waals surface area contributed by atoms with Gasteiger partial charge in [-0.05, 0) is 18.6 Å². The Hall–Kier alpha value is -1.67. The number of nitrogens with zero attached hydrogens (tertiary/aromatic N) is 1. The zero-order valence-electron chi connectivity index (χ0n) is 7.93. The molecule has 5 heteroatoms. The molecule has 0 unspecified atom stereocenters. The van der Waals surface area contributed by atoms with Crippen molar-refractivity contribution in [3.05, 3.63) is 29.3 Å². The lowest BCUT2D eigenvalue weighted by Gasteiger charge is -2.07. The van der Waals surface area contributed by atoms with Crippen molar-refractivity contribution in [1.29, 1.82) is 5.26 Å². The number of hydrogen-bond acceptors (Lipinski definition) is 3. The van der Waals surface area contributed by atoms with Gasteiger partial charge in [0, 0.05) is 13.2 Å². The Morgan fingerprint density at radius 1 is 1.33 bits per heavy atom. The molecule has 0 saturated carbocycles. The molecule has 80 valence electrons. The second-order valence-electron chi connectivity index (χ2n) is 2.93. The molecule has 0 aliphatic heterocycles. The summed E-state index contributed by atoms with van der Waals surface area (Å²) >= 11 is 0. The average Bonchev–Trinajstić information content (AvgIpc) is 2.22. The van der Waals surface area contributed by atoms with Crippen LogP contribution in [0.3, 0.4) is 0 Å². The van der Waals surface area contributed by atoms with Gasteiger partial charge in [-0.15, -0.1) is 0 Å². The molecule has 0 heterocycles. The van der Waals surface area contributed by atoms with Crippen molar-refractivity contribution in [3.63, 3.8) is 0 Å². The fourth-order valence-corrected chi connectivity index (χ4v) is 1.10. The summed E-state index contributed by atoms with van der Waals surface area (Å²) in [6.45, 7) is 0.225. The Bertz CT molecular complexity index is 364.